The lowest BCUT2D eigenvalue weighted by Crippen LogP contribution is -2.08. The number of rotatable bonds is 1. The highest BCUT2D eigenvalue weighted by molar-refractivity contribution is 8.11. The van der Waals surface area contributed by atoms with Crippen molar-refractivity contribution in [2.24, 2.45) is 9.98 Å². The summed E-state index contributed by atoms with van der Waals surface area (Å²) in [6, 6.07) is 0. The van der Waals surface area contributed by atoms with E-state index in [2.05, 4.69) is 47.5 Å². The van der Waals surface area contributed by atoms with Crippen molar-refractivity contribution in [3.05, 3.63) is 0 Å². The van der Waals surface area contributed by atoms with Crippen molar-refractivity contribution >= 4 is 53.3 Å². The van der Waals surface area contributed by atoms with Crippen molar-refractivity contribution in [2.45, 2.75) is 0 Å². The van der Waals surface area contributed by atoms with Crippen LogP contribution in [0.4, 0.5) is 0 Å². The Morgan fingerprint density at radius 1 is 1.45 bits per heavy atom. The van der Waals surface area contributed by atoms with Gasteiger partial charge in [0.25, 0.3) is 0 Å². The summed E-state index contributed by atoms with van der Waals surface area (Å²) in [5, 5.41) is 0.304. The Morgan fingerprint density at radius 3 is 2.36 bits per heavy atom. The predicted octanol–water partition coefficient (Wildman–Crippen LogP) is 1.08. The minimum atomic E-state index is 0.228. The largest absolute Gasteiger partial charge is 0.369 e. The van der Waals surface area contributed by atoms with E-state index in [4.69, 9.17) is 0 Å². The maximum Gasteiger partial charge on any atom is 0.187 e. The quantitative estimate of drug-likeness (QED) is 0.291. The summed E-state index contributed by atoms with van der Waals surface area (Å²) in [7, 11) is 3.70. The van der Waals surface area contributed by atoms with Crippen LogP contribution in [0.15, 0.2) is 9.98 Å². The van der Waals surface area contributed by atoms with Gasteiger partial charge in [0.15, 0.2) is 9.49 Å². The van der Waals surface area contributed by atoms with Crippen molar-refractivity contribution in [1.82, 2.24) is 4.90 Å². The minimum Gasteiger partial charge on any atom is -0.369 e. The van der Waals surface area contributed by atoms with E-state index in [0.29, 0.717) is 5.17 Å². The van der Waals surface area contributed by atoms with Gasteiger partial charge in [0.05, 0.1) is 6.34 Å². The molecule has 0 aliphatic heterocycles. The predicted molar refractivity (Wildman–Crippen MR) is 60.2 cm³/mol. The van der Waals surface area contributed by atoms with Gasteiger partial charge in [-0.2, -0.15) is 0 Å². The van der Waals surface area contributed by atoms with Gasteiger partial charge in [-0.3, -0.25) is 0 Å². The van der Waals surface area contributed by atoms with Crippen molar-refractivity contribution in [3.63, 3.8) is 0 Å². The Labute approximate surface area is 82.4 Å². The molecule has 0 radical (unpaired) electrons. The Balaban J connectivity index is 4.06. The Morgan fingerprint density at radius 2 is 2.00 bits per heavy atom. The van der Waals surface area contributed by atoms with Crippen LogP contribution in [0.25, 0.3) is 0 Å². The fraction of sp³-hybridized carbons (Fsp3) is 0.400. The zero-order chi connectivity index (χ0) is 8.85. The molecule has 0 aromatic heterocycles. The molecule has 0 heterocycles. The molecule has 0 aromatic carbocycles. The molecule has 0 amide bonds. The molecule has 0 N–H and O–H groups in total. The standard InChI is InChI=1S/C5H9N3S3/c1-8(2)3-6-4(9)7-5(10)11/h3H,1-2H3,(H2,7,9,10,11)/b6-3+. The summed E-state index contributed by atoms with van der Waals surface area (Å²) in [6.07, 6.45) is 1.58. The topological polar surface area (TPSA) is 28.0 Å². The molecule has 0 atom stereocenters. The molecule has 0 aromatic rings. The zero-order valence-corrected chi connectivity index (χ0v) is 8.83. The van der Waals surface area contributed by atoms with Crippen molar-refractivity contribution < 1.29 is 0 Å². The molecule has 0 saturated carbocycles. The number of aliphatic imine (C=N–C) groups is 2. The van der Waals surface area contributed by atoms with Gasteiger partial charge in [0.1, 0.15) is 0 Å². The Hall–Kier alpha value is -0.0700. The van der Waals surface area contributed by atoms with Crippen molar-refractivity contribution in [2.75, 3.05) is 14.1 Å². The van der Waals surface area contributed by atoms with Crippen LogP contribution in [0, 0.1) is 0 Å². The van der Waals surface area contributed by atoms with Crippen molar-refractivity contribution in [3.8, 4) is 0 Å². The highest BCUT2D eigenvalue weighted by Gasteiger charge is 1.87. The Bertz CT molecular complexity index is 197. The number of hydrogen-bond donors (Lipinski definition) is 2. The number of thiocarbonyl (C=S) groups is 1. The normalized spacial score (nSPS) is 12.2. The molecule has 0 spiro atoms. The van der Waals surface area contributed by atoms with Crippen LogP contribution in [0.2, 0.25) is 0 Å². The summed E-state index contributed by atoms with van der Waals surface area (Å²) in [6.45, 7) is 0. The van der Waals surface area contributed by atoms with Crippen LogP contribution >= 0.6 is 37.5 Å². The van der Waals surface area contributed by atoms with Crippen LogP contribution in [0.5, 0.6) is 0 Å². The molecular formula is C5H9N3S3. The molecule has 3 nitrogen and oxygen atoms in total. The molecule has 11 heavy (non-hydrogen) atoms. The summed E-state index contributed by atoms with van der Waals surface area (Å²) < 4.78 is 0.228. The van der Waals surface area contributed by atoms with Crippen LogP contribution in [0.1, 0.15) is 0 Å². The van der Waals surface area contributed by atoms with Gasteiger partial charge in [0, 0.05) is 14.1 Å². The van der Waals surface area contributed by atoms with E-state index in [1.165, 1.54) is 0 Å². The van der Waals surface area contributed by atoms with E-state index in [0.717, 1.165) is 0 Å². The van der Waals surface area contributed by atoms with Crippen LogP contribution in [-0.2, 0) is 0 Å². The highest BCUT2D eigenvalue weighted by atomic mass is 32.1. The first-order valence-corrected chi connectivity index (χ1v) is 4.04. The molecule has 0 rings (SSSR count). The fourth-order valence-electron chi connectivity index (χ4n) is 0.282. The van der Waals surface area contributed by atoms with Gasteiger partial charge in [-0.05, 0) is 0 Å². The average molecular weight is 207 g/mol. The monoisotopic (exact) mass is 207 g/mol. The van der Waals surface area contributed by atoms with E-state index >= 15 is 0 Å². The van der Waals surface area contributed by atoms with Crippen molar-refractivity contribution in [1.29, 1.82) is 0 Å². The molecule has 0 unspecified atom stereocenters. The molecule has 0 fully saturated rings. The second-order valence-corrected chi connectivity index (χ2v) is 3.42. The fourth-order valence-corrected chi connectivity index (χ4v) is 0.761. The van der Waals surface area contributed by atoms with Gasteiger partial charge >= 0.3 is 0 Å². The molecule has 6 heteroatoms. The van der Waals surface area contributed by atoms with E-state index in [-0.39, 0.29) is 4.32 Å². The maximum absolute atomic E-state index is 4.59. The molecule has 0 aliphatic carbocycles. The number of thiol groups is 2. The lowest BCUT2D eigenvalue weighted by Gasteiger charge is -2.00. The minimum absolute atomic E-state index is 0.228. The van der Waals surface area contributed by atoms with Crippen LogP contribution in [-0.4, -0.2) is 34.8 Å². The van der Waals surface area contributed by atoms with Gasteiger partial charge in [-0.1, -0.05) is 12.2 Å². The number of nitrogens with zero attached hydrogens (tertiary/aromatic N) is 3. The first kappa shape index (κ1) is 10.9. The first-order valence-electron chi connectivity index (χ1n) is 2.73. The smallest absolute Gasteiger partial charge is 0.187 e. The average Bonchev–Trinajstić information content (AvgIpc) is 1.82. The third-order valence-corrected chi connectivity index (χ3v) is 1.01. The number of amidine groups is 1. The van der Waals surface area contributed by atoms with Gasteiger partial charge in [0.2, 0.25) is 0 Å². The first-order chi connectivity index (χ1) is 5.02. The van der Waals surface area contributed by atoms with Gasteiger partial charge < -0.3 is 4.90 Å². The summed E-state index contributed by atoms with van der Waals surface area (Å²) in [5.41, 5.74) is 0. The van der Waals surface area contributed by atoms with E-state index in [1.54, 1.807) is 11.2 Å². The van der Waals surface area contributed by atoms with E-state index in [1.807, 2.05) is 14.1 Å². The SMILES string of the molecule is CN(C)/C=N/C(S)=N/C(=S)S. The van der Waals surface area contributed by atoms with Gasteiger partial charge in [-0.15, -0.1) is 25.3 Å². The summed E-state index contributed by atoms with van der Waals surface area (Å²) in [4.78, 5) is 9.31. The third kappa shape index (κ3) is 7.83. The summed E-state index contributed by atoms with van der Waals surface area (Å²) >= 11 is 12.3. The molecule has 62 valence electrons. The lowest BCUT2D eigenvalue weighted by molar-refractivity contribution is 0.644. The Kier molecular flexibility index (Phi) is 5.53. The number of hydrogen-bond acceptors (Lipinski definition) is 1. The third-order valence-electron chi connectivity index (χ3n) is 0.600. The van der Waals surface area contributed by atoms with Crippen LogP contribution < -0.4 is 0 Å². The van der Waals surface area contributed by atoms with E-state index < -0.39 is 0 Å². The van der Waals surface area contributed by atoms with Crippen LogP contribution in [0.3, 0.4) is 0 Å². The van der Waals surface area contributed by atoms with Gasteiger partial charge in [-0.25, -0.2) is 9.98 Å². The lowest BCUT2D eigenvalue weighted by atomic mass is 10.9. The zero-order valence-electron chi connectivity index (χ0n) is 6.22. The highest BCUT2D eigenvalue weighted by Crippen LogP contribution is 1.92. The molecule has 0 saturated heterocycles. The second kappa shape index (κ2) is 5.56. The second-order valence-electron chi connectivity index (χ2n) is 1.90. The maximum atomic E-state index is 4.59. The molecule has 0 bridgehead atoms. The van der Waals surface area contributed by atoms with E-state index in [9.17, 15) is 0 Å². The molecule has 0 aliphatic rings. The molecular weight excluding hydrogens is 198 g/mol. The summed E-state index contributed by atoms with van der Waals surface area (Å²) in [5.74, 6) is 0.